The Bertz CT molecular complexity index is 687. The van der Waals surface area contributed by atoms with Gasteiger partial charge in [0, 0.05) is 12.7 Å². The van der Waals surface area contributed by atoms with E-state index in [-0.39, 0.29) is 5.91 Å². The molecule has 2 rings (SSSR count). The second kappa shape index (κ2) is 7.73. The molecule has 0 saturated carbocycles. The van der Waals surface area contributed by atoms with E-state index in [0.29, 0.717) is 40.9 Å². The summed E-state index contributed by atoms with van der Waals surface area (Å²) in [5.74, 6) is 0.918. The van der Waals surface area contributed by atoms with Crippen LogP contribution >= 0.6 is 11.6 Å². The van der Waals surface area contributed by atoms with E-state index >= 15 is 0 Å². The standard InChI is InChI=1S/C15H18ClN3O4/c1-21-12-5-4-11(13(22-2)14(12)23-3)15(20)17-6-7-19-9-10(16)8-18-19/h4-5,8-9H,6-7H2,1-3H3,(H,17,20). The second-order valence-corrected chi connectivity index (χ2v) is 5.00. The van der Waals surface area contributed by atoms with Gasteiger partial charge in [0.15, 0.2) is 11.5 Å². The summed E-state index contributed by atoms with van der Waals surface area (Å²) in [6.07, 6.45) is 3.23. The lowest BCUT2D eigenvalue weighted by Gasteiger charge is -2.15. The van der Waals surface area contributed by atoms with Crippen LogP contribution in [0.25, 0.3) is 0 Å². The van der Waals surface area contributed by atoms with E-state index in [4.69, 9.17) is 25.8 Å². The van der Waals surface area contributed by atoms with Crippen molar-refractivity contribution in [2.75, 3.05) is 27.9 Å². The first-order valence-electron chi connectivity index (χ1n) is 6.85. The van der Waals surface area contributed by atoms with Gasteiger partial charge in [0.05, 0.1) is 44.7 Å². The molecule has 23 heavy (non-hydrogen) atoms. The van der Waals surface area contributed by atoms with Crippen molar-refractivity contribution in [3.63, 3.8) is 0 Å². The summed E-state index contributed by atoms with van der Waals surface area (Å²) in [5.41, 5.74) is 0.364. The fourth-order valence-electron chi connectivity index (χ4n) is 2.12. The average molecular weight is 340 g/mol. The first kappa shape index (κ1) is 17.0. The molecule has 0 radical (unpaired) electrons. The lowest BCUT2D eigenvalue weighted by Crippen LogP contribution is -2.27. The van der Waals surface area contributed by atoms with Crippen molar-refractivity contribution in [1.82, 2.24) is 15.1 Å². The fourth-order valence-corrected chi connectivity index (χ4v) is 2.28. The Labute approximate surface area is 139 Å². The van der Waals surface area contributed by atoms with Crippen molar-refractivity contribution in [3.05, 3.63) is 35.1 Å². The fraction of sp³-hybridized carbons (Fsp3) is 0.333. The smallest absolute Gasteiger partial charge is 0.255 e. The number of nitrogens with one attached hydrogen (secondary N) is 1. The Hall–Kier alpha value is -2.41. The van der Waals surface area contributed by atoms with Gasteiger partial charge in [-0.15, -0.1) is 0 Å². The highest BCUT2D eigenvalue weighted by atomic mass is 35.5. The van der Waals surface area contributed by atoms with Gasteiger partial charge in [0.1, 0.15) is 0 Å². The highest BCUT2D eigenvalue weighted by molar-refractivity contribution is 6.30. The predicted octanol–water partition coefficient (Wildman–Crippen LogP) is 1.99. The number of hydrogen-bond donors (Lipinski definition) is 1. The van der Waals surface area contributed by atoms with Gasteiger partial charge in [-0.2, -0.15) is 5.10 Å². The Balaban J connectivity index is 2.09. The molecule has 2 aromatic rings. The van der Waals surface area contributed by atoms with Gasteiger partial charge >= 0.3 is 0 Å². The van der Waals surface area contributed by atoms with Crippen LogP contribution in [0, 0.1) is 0 Å². The van der Waals surface area contributed by atoms with Gasteiger partial charge in [0.25, 0.3) is 5.91 Å². The number of benzene rings is 1. The van der Waals surface area contributed by atoms with Gasteiger partial charge in [-0.05, 0) is 12.1 Å². The molecule has 0 saturated heterocycles. The predicted molar refractivity (Wildman–Crippen MR) is 85.7 cm³/mol. The summed E-state index contributed by atoms with van der Waals surface area (Å²) in [6.45, 7) is 0.905. The number of carbonyl (C=O) groups is 1. The molecule has 124 valence electrons. The normalized spacial score (nSPS) is 10.3. The molecular weight excluding hydrogens is 322 g/mol. The molecule has 0 unspecified atom stereocenters. The van der Waals surface area contributed by atoms with Crippen molar-refractivity contribution in [1.29, 1.82) is 0 Å². The van der Waals surface area contributed by atoms with Crippen molar-refractivity contribution < 1.29 is 19.0 Å². The Kier molecular flexibility index (Phi) is 5.70. The summed E-state index contributed by atoms with van der Waals surface area (Å²) in [7, 11) is 4.48. The molecular formula is C15H18ClN3O4. The molecule has 8 heteroatoms. The molecule has 1 N–H and O–H groups in total. The minimum atomic E-state index is -0.277. The number of carbonyl (C=O) groups excluding carboxylic acids is 1. The number of rotatable bonds is 7. The number of methoxy groups -OCH3 is 3. The zero-order chi connectivity index (χ0) is 16.8. The first-order chi connectivity index (χ1) is 11.1. The van der Waals surface area contributed by atoms with Crippen LogP contribution in [0.5, 0.6) is 17.2 Å². The van der Waals surface area contributed by atoms with Gasteiger partial charge in [-0.25, -0.2) is 0 Å². The van der Waals surface area contributed by atoms with Crippen LogP contribution in [-0.2, 0) is 6.54 Å². The zero-order valence-corrected chi connectivity index (χ0v) is 13.9. The van der Waals surface area contributed by atoms with E-state index in [9.17, 15) is 4.79 Å². The van der Waals surface area contributed by atoms with Crippen LogP contribution in [-0.4, -0.2) is 43.6 Å². The Morgan fingerprint density at radius 1 is 1.22 bits per heavy atom. The zero-order valence-electron chi connectivity index (χ0n) is 13.1. The number of hydrogen-bond acceptors (Lipinski definition) is 5. The van der Waals surface area contributed by atoms with Crippen LogP contribution in [0.1, 0.15) is 10.4 Å². The molecule has 0 aliphatic heterocycles. The average Bonchev–Trinajstić information content (AvgIpc) is 2.98. The second-order valence-electron chi connectivity index (χ2n) is 4.56. The summed E-state index contributed by atoms with van der Waals surface area (Å²) in [4.78, 5) is 12.3. The van der Waals surface area contributed by atoms with E-state index in [1.54, 1.807) is 29.2 Å². The maximum absolute atomic E-state index is 12.3. The molecule has 0 aliphatic carbocycles. The molecule has 1 aromatic carbocycles. The van der Waals surface area contributed by atoms with Crippen molar-refractivity contribution in [2.24, 2.45) is 0 Å². The summed E-state index contributed by atoms with van der Waals surface area (Å²) < 4.78 is 17.4. The van der Waals surface area contributed by atoms with Crippen molar-refractivity contribution in [2.45, 2.75) is 6.54 Å². The third kappa shape index (κ3) is 3.87. The van der Waals surface area contributed by atoms with Gasteiger partial charge in [0.2, 0.25) is 5.75 Å². The maximum atomic E-state index is 12.3. The van der Waals surface area contributed by atoms with Crippen molar-refractivity contribution in [3.8, 4) is 17.2 Å². The van der Waals surface area contributed by atoms with Gasteiger partial charge in [-0.1, -0.05) is 11.6 Å². The summed E-state index contributed by atoms with van der Waals surface area (Å²) >= 11 is 5.79. The van der Waals surface area contributed by atoms with E-state index in [0.717, 1.165) is 0 Å². The van der Waals surface area contributed by atoms with E-state index in [1.807, 2.05) is 0 Å². The minimum Gasteiger partial charge on any atom is -0.493 e. The van der Waals surface area contributed by atoms with Crippen LogP contribution in [0.2, 0.25) is 5.02 Å². The van der Waals surface area contributed by atoms with Crippen LogP contribution in [0.15, 0.2) is 24.5 Å². The lowest BCUT2D eigenvalue weighted by molar-refractivity contribution is 0.0948. The Morgan fingerprint density at radius 2 is 1.96 bits per heavy atom. The minimum absolute atomic E-state index is 0.277. The molecule has 0 bridgehead atoms. The molecule has 1 heterocycles. The van der Waals surface area contributed by atoms with E-state index in [1.165, 1.54) is 21.3 Å². The van der Waals surface area contributed by atoms with Gasteiger partial charge < -0.3 is 19.5 Å². The molecule has 1 aromatic heterocycles. The van der Waals surface area contributed by atoms with E-state index < -0.39 is 0 Å². The summed E-state index contributed by atoms with van der Waals surface area (Å²) in [6, 6.07) is 3.28. The number of aromatic nitrogens is 2. The van der Waals surface area contributed by atoms with Gasteiger partial charge in [-0.3, -0.25) is 9.48 Å². The van der Waals surface area contributed by atoms with Crippen LogP contribution < -0.4 is 19.5 Å². The third-order valence-electron chi connectivity index (χ3n) is 3.18. The number of halogens is 1. The molecule has 1 amide bonds. The highest BCUT2D eigenvalue weighted by Crippen LogP contribution is 2.39. The number of nitrogens with zero attached hydrogens (tertiary/aromatic N) is 2. The number of ether oxygens (including phenoxy) is 3. The summed E-state index contributed by atoms with van der Waals surface area (Å²) in [5, 5.41) is 7.40. The quantitative estimate of drug-likeness (QED) is 0.835. The topological polar surface area (TPSA) is 74.6 Å². The van der Waals surface area contributed by atoms with Crippen molar-refractivity contribution >= 4 is 17.5 Å². The molecule has 0 fully saturated rings. The SMILES string of the molecule is COc1ccc(C(=O)NCCn2cc(Cl)cn2)c(OC)c1OC. The largest absolute Gasteiger partial charge is 0.493 e. The van der Waals surface area contributed by atoms with Crippen LogP contribution in [0.4, 0.5) is 0 Å². The monoisotopic (exact) mass is 339 g/mol. The molecule has 0 atom stereocenters. The molecule has 7 nitrogen and oxygen atoms in total. The lowest BCUT2D eigenvalue weighted by atomic mass is 10.1. The van der Waals surface area contributed by atoms with E-state index in [2.05, 4.69) is 10.4 Å². The van der Waals surface area contributed by atoms with Crippen LogP contribution in [0.3, 0.4) is 0 Å². The first-order valence-corrected chi connectivity index (χ1v) is 7.23. The number of amides is 1. The molecule has 0 spiro atoms. The third-order valence-corrected chi connectivity index (χ3v) is 3.37. The maximum Gasteiger partial charge on any atom is 0.255 e. The Morgan fingerprint density at radius 3 is 2.52 bits per heavy atom. The molecule has 0 aliphatic rings. The highest BCUT2D eigenvalue weighted by Gasteiger charge is 2.20.